The average Bonchev–Trinajstić information content (AvgIpc) is 3.59. The van der Waals surface area contributed by atoms with Gasteiger partial charge in [0.1, 0.15) is 5.75 Å². The third-order valence-electron chi connectivity index (χ3n) is 7.30. The molecule has 5 aromatic rings. The summed E-state index contributed by atoms with van der Waals surface area (Å²) in [6, 6.07) is 17.0. The van der Waals surface area contributed by atoms with E-state index in [0.717, 1.165) is 59.2 Å². The number of carbonyl (C=O) groups excluding carboxylic acids is 1. The molecule has 202 valence electrons. The van der Waals surface area contributed by atoms with E-state index in [2.05, 4.69) is 22.2 Å². The van der Waals surface area contributed by atoms with Crippen molar-refractivity contribution in [2.75, 3.05) is 18.6 Å². The summed E-state index contributed by atoms with van der Waals surface area (Å²) in [6.07, 6.45) is 2.92. The van der Waals surface area contributed by atoms with E-state index in [4.69, 9.17) is 42.2 Å². The lowest BCUT2D eigenvalue weighted by atomic mass is 10.00. The molecule has 0 unspecified atom stereocenters. The van der Waals surface area contributed by atoms with Crippen LogP contribution in [0.4, 0.5) is 5.13 Å². The Labute approximate surface area is 244 Å². The predicted molar refractivity (Wildman–Crippen MR) is 156 cm³/mol. The Morgan fingerprint density at radius 1 is 1.07 bits per heavy atom. The molecule has 1 fully saturated rings. The van der Waals surface area contributed by atoms with Gasteiger partial charge in [-0.3, -0.25) is 0 Å². The Morgan fingerprint density at radius 3 is 2.67 bits per heavy atom. The highest BCUT2D eigenvalue weighted by Gasteiger charge is 2.35. The topological polar surface area (TPSA) is 77.7 Å². The molecule has 1 aliphatic carbocycles. The van der Waals surface area contributed by atoms with Crippen LogP contribution >= 0.6 is 34.5 Å². The number of benzene rings is 3. The standard InChI is InChI=1S/C30H23Cl2N3O4S/c1-37-29(36)18-8-10-23-24(14-18)40-30(33-23)35-12-11-17-13-20(9-7-19(17)15-35)38-28-26(34-39-27(28)16-5-6-16)25-21(31)3-2-4-22(25)32/h2-4,7-10,13-14,16H,5-6,11-12,15H2,1H3. The van der Waals surface area contributed by atoms with Gasteiger partial charge in [-0.15, -0.1) is 0 Å². The molecule has 40 heavy (non-hydrogen) atoms. The van der Waals surface area contributed by atoms with Gasteiger partial charge in [-0.05, 0) is 72.9 Å². The van der Waals surface area contributed by atoms with E-state index in [9.17, 15) is 4.79 Å². The first-order valence-electron chi connectivity index (χ1n) is 13.0. The Hall–Kier alpha value is -3.59. The van der Waals surface area contributed by atoms with Gasteiger partial charge in [0.15, 0.2) is 22.3 Å². The summed E-state index contributed by atoms with van der Waals surface area (Å²) in [4.78, 5) is 19.0. The third kappa shape index (κ3) is 4.60. The Morgan fingerprint density at radius 2 is 1.90 bits per heavy atom. The zero-order valence-corrected chi connectivity index (χ0v) is 23.8. The van der Waals surface area contributed by atoms with Gasteiger partial charge in [0.2, 0.25) is 0 Å². The maximum Gasteiger partial charge on any atom is 0.337 e. The molecule has 1 aliphatic heterocycles. The van der Waals surface area contributed by atoms with Crippen molar-refractivity contribution in [1.82, 2.24) is 10.1 Å². The second-order valence-electron chi connectivity index (χ2n) is 9.97. The number of hydrogen-bond acceptors (Lipinski definition) is 8. The van der Waals surface area contributed by atoms with Crippen LogP contribution in [-0.2, 0) is 17.7 Å². The first-order valence-corrected chi connectivity index (χ1v) is 14.5. The Kier molecular flexibility index (Phi) is 6.41. The summed E-state index contributed by atoms with van der Waals surface area (Å²) in [7, 11) is 1.39. The molecule has 10 heteroatoms. The lowest BCUT2D eigenvalue weighted by Gasteiger charge is -2.28. The Balaban J connectivity index is 1.15. The number of aromatic nitrogens is 2. The van der Waals surface area contributed by atoms with Crippen molar-refractivity contribution in [3.63, 3.8) is 0 Å². The van der Waals surface area contributed by atoms with Crippen LogP contribution < -0.4 is 9.64 Å². The number of nitrogens with zero attached hydrogens (tertiary/aromatic N) is 3. The van der Waals surface area contributed by atoms with E-state index in [1.165, 1.54) is 18.2 Å². The number of fused-ring (bicyclic) bond motifs is 2. The molecule has 0 N–H and O–H groups in total. The van der Waals surface area contributed by atoms with Crippen LogP contribution in [0.2, 0.25) is 10.0 Å². The van der Waals surface area contributed by atoms with Gasteiger partial charge in [-0.2, -0.15) is 0 Å². The minimum absolute atomic E-state index is 0.293. The molecular weight excluding hydrogens is 569 g/mol. The largest absolute Gasteiger partial charge is 0.465 e. The molecule has 0 atom stereocenters. The van der Waals surface area contributed by atoms with Crippen molar-refractivity contribution < 1.29 is 18.8 Å². The van der Waals surface area contributed by atoms with Crippen molar-refractivity contribution in [1.29, 1.82) is 0 Å². The lowest BCUT2D eigenvalue weighted by Crippen LogP contribution is -2.30. The normalized spacial score (nSPS) is 14.8. The maximum absolute atomic E-state index is 11.9. The fourth-order valence-electron chi connectivity index (χ4n) is 5.05. The minimum atomic E-state index is -0.348. The molecule has 7 rings (SSSR count). The van der Waals surface area contributed by atoms with Crippen LogP contribution in [0.3, 0.4) is 0 Å². The van der Waals surface area contributed by atoms with Gasteiger partial charge in [-0.25, -0.2) is 9.78 Å². The van der Waals surface area contributed by atoms with Crippen LogP contribution in [0, 0.1) is 0 Å². The van der Waals surface area contributed by atoms with Gasteiger partial charge in [0.05, 0.1) is 32.9 Å². The fourth-order valence-corrected chi connectivity index (χ4v) is 6.65. The second kappa shape index (κ2) is 10.1. The molecule has 0 amide bonds. The molecule has 0 radical (unpaired) electrons. The van der Waals surface area contributed by atoms with E-state index in [-0.39, 0.29) is 5.97 Å². The molecule has 1 saturated carbocycles. The highest BCUT2D eigenvalue weighted by Crippen LogP contribution is 2.50. The van der Waals surface area contributed by atoms with Crippen molar-refractivity contribution >= 4 is 55.9 Å². The molecule has 0 saturated heterocycles. The number of esters is 1. The summed E-state index contributed by atoms with van der Waals surface area (Å²) >= 11 is 14.6. The first-order chi connectivity index (χ1) is 19.5. The number of hydrogen-bond donors (Lipinski definition) is 0. The van der Waals surface area contributed by atoms with Crippen LogP contribution in [-0.4, -0.2) is 29.8 Å². The number of carbonyl (C=O) groups is 1. The van der Waals surface area contributed by atoms with E-state index in [1.54, 1.807) is 35.6 Å². The van der Waals surface area contributed by atoms with Crippen LogP contribution in [0.15, 0.2) is 59.1 Å². The van der Waals surface area contributed by atoms with Gasteiger partial charge < -0.3 is 18.9 Å². The number of halogens is 2. The molecule has 7 nitrogen and oxygen atoms in total. The molecule has 3 aromatic carbocycles. The molecule has 0 bridgehead atoms. The summed E-state index contributed by atoms with van der Waals surface area (Å²) < 4.78 is 18.0. The molecule has 0 spiro atoms. The van der Waals surface area contributed by atoms with Gasteiger partial charge in [-0.1, -0.05) is 51.8 Å². The van der Waals surface area contributed by atoms with E-state index >= 15 is 0 Å². The smallest absolute Gasteiger partial charge is 0.337 e. The molecular formula is C30H23Cl2N3O4S. The zero-order chi connectivity index (χ0) is 27.4. The van der Waals surface area contributed by atoms with Crippen LogP contribution in [0.1, 0.15) is 46.0 Å². The van der Waals surface area contributed by atoms with Crippen LogP contribution in [0.25, 0.3) is 21.5 Å². The van der Waals surface area contributed by atoms with Crippen molar-refractivity contribution in [2.45, 2.75) is 31.7 Å². The quantitative estimate of drug-likeness (QED) is 0.184. The molecule has 2 aromatic heterocycles. The SMILES string of the molecule is COC(=O)c1ccc2nc(N3CCc4cc(Oc5c(-c6c(Cl)cccc6Cl)noc5C5CC5)ccc4C3)sc2c1. The highest BCUT2D eigenvalue weighted by molar-refractivity contribution is 7.22. The van der Waals surface area contributed by atoms with Gasteiger partial charge in [0, 0.05) is 24.6 Å². The Bertz CT molecular complexity index is 1760. The number of rotatable bonds is 6. The van der Waals surface area contributed by atoms with Crippen molar-refractivity contribution in [3.8, 4) is 22.8 Å². The molecule has 3 heterocycles. The maximum atomic E-state index is 11.9. The highest BCUT2D eigenvalue weighted by atomic mass is 35.5. The summed E-state index contributed by atoms with van der Waals surface area (Å²) in [6.45, 7) is 1.56. The van der Waals surface area contributed by atoms with Gasteiger partial charge in [0.25, 0.3) is 0 Å². The predicted octanol–water partition coefficient (Wildman–Crippen LogP) is 8.28. The monoisotopic (exact) mass is 591 g/mol. The average molecular weight is 593 g/mol. The number of anilines is 1. The van der Waals surface area contributed by atoms with Gasteiger partial charge >= 0.3 is 5.97 Å². The van der Waals surface area contributed by atoms with E-state index < -0.39 is 0 Å². The van der Waals surface area contributed by atoms with E-state index in [1.807, 2.05) is 18.2 Å². The number of methoxy groups -OCH3 is 1. The summed E-state index contributed by atoms with van der Waals surface area (Å²) in [5.41, 5.74) is 4.98. The number of ether oxygens (including phenoxy) is 2. The first kappa shape index (κ1) is 25.4. The summed E-state index contributed by atoms with van der Waals surface area (Å²) in [5, 5.41) is 6.25. The zero-order valence-electron chi connectivity index (χ0n) is 21.4. The van der Waals surface area contributed by atoms with Crippen molar-refractivity contribution in [2.24, 2.45) is 0 Å². The summed E-state index contributed by atoms with van der Waals surface area (Å²) in [5.74, 6) is 1.98. The minimum Gasteiger partial charge on any atom is -0.465 e. The van der Waals surface area contributed by atoms with Crippen molar-refractivity contribution in [3.05, 3.63) is 87.1 Å². The number of thiazole rings is 1. The lowest BCUT2D eigenvalue weighted by molar-refractivity contribution is 0.0601. The van der Waals surface area contributed by atoms with E-state index in [0.29, 0.717) is 38.5 Å². The second-order valence-corrected chi connectivity index (χ2v) is 11.8. The van der Waals surface area contributed by atoms with Crippen LogP contribution in [0.5, 0.6) is 11.5 Å². The third-order valence-corrected chi connectivity index (χ3v) is 9.01. The fraction of sp³-hybridized carbons (Fsp3) is 0.233. The molecule has 2 aliphatic rings.